The molecule has 0 saturated carbocycles. The molecule has 2 saturated heterocycles. The number of sulfonamides is 1. The summed E-state index contributed by atoms with van der Waals surface area (Å²) in [5.74, 6) is 0.0340. The molecule has 180 valence electrons. The second kappa shape index (κ2) is 11.6. The van der Waals surface area contributed by atoms with Crippen LogP contribution in [0.1, 0.15) is 24.0 Å². The highest BCUT2D eigenvalue weighted by Gasteiger charge is 2.28. The molecule has 0 atom stereocenters. The van der Waals surface area contributed by atoms with Crippen LogP contribution in [0.5, 0.6) is 0 Å². The van der Waals surface area contributed by atoms with Gasteiger partial charge >= 0.3 is 0 Å². The van der Waals surface area contributed by atoms with Gasteiger partial charge in [-0.05, 0) is 51.1 Å². The lowest BCUT2D eigenvalue weighted by atomic mass is 10.2. The summed E-state index contributed by atoms with van der Waals surface area (Å²) in [4.78, 5) is 19.6. The molecule has 1 N–H and O–H groups in total. The smallest absolute Gasteiger partial charge is 0.243 e. The monoisotopic (exact) mass is 465 g/mol. The fraction of sp³-hybridized carbons (Fsp3) is 0.696. The minimum absolute atomic E-state index is 0.0340. The van der Waals surface area contributed by atoms with E-state index >= 15 is 0 Å². The van der Waals surface area contributed by atoms with Crippen LogP contribution >= 0.6 is 0 Å². The second-order valence-electron chi connectivity index (χ2n) is 9.05. The molecule has 32 heavy (non-hydrogen) atoms. The molecule has 0 radical (unpaired) electrons. The van der Waals surface area contributed by atoms with Gasteiger partial charge in [-0.15, -0.1) is 0 Å². The van der Waals surface area contributed by atoms with E-state index in [-0.39, 0.29) is 18.9 Å². The van der Waals surface area contributed by atoms with Crippen molar-refractivity contribution >= 4 is 15.9 Å². The highest BCUT2D eigenvalue weighted by molar-refractivity contribution is 7.89. The van der Waals surface area contributed by atoms with E-state index in [4.69, 9.17) is 0 Å². The van der Waals surface area contributed by atoms with Crippen LogP contribution < -0.4 is 5.32 Å². The van der Waals surface area contributed by atoms with Crippen molar-refractivity contribution in [1.29, 1.82) is 0 Å². The van der Waals surface area contributed by atoms with Crippen LogP contribution in [-0.2, 0) is 14.8 Å². The van der Waals surface area contributed by atoms with Gasteiger partial charge in [-0.1, -0.05) is 12.1 Å². The summed E-state index contributed by atoms with van der Waals surface area (Å²) in [5, 5.41) is 3.25. The predicted octanol–water partition coefficient (Wildman–Crippen LogP) is 0.754. The summed E-state index contributed by atoms with van der Waals surface area (Å²) < 4.78 is 28.7. The summed E-state index contributed by atoms with van der Waals surface area (Å²) in [7, 11) is -1.54. The molecule has 0 aromatic heterocycles. The number of carbonyl (C=O) groups is 1. The van der Waals surface area contributed by atoms with Crippen LogP contribution in [0.3, 0.4) is 0 Å². The van der Waals surface area contributed by atoms with Gasteiger partial charge in [0.15, 0.2) is 0 Å². The predicted molar refractivity (Wildman–Crippen MR) is 127 cm³/mol. The lowest BCUT2D eigenvalue weighted by Crippen LogP contribution is -2.47. The van der Waals surface area contributed by atoms with Gasteiger partial charge in [0.25, 0.3) is 0 Å². The molecule has 2 heterocycles. The number of carbonyl (C=O) groups excluding carboxylic acids is 1. The SMILES string of the molecule is Cc1ccc(C)c(S(=O)(=O)N(CCCN2CCN(C)CC2)CCC(=O)N2CCNCC2)c1. The molecule has 3 rings (SSSR count). The number of piperazine rings is 2. The van der Waals surface area contributed by atoms with Crippen molar-refractivity contribution in [2.24, 2.45) is 0 Å². The number of nitrogens with zero attached hydrogens (tertiary/aromatic N) is 4. The lowest BCUT2D eigenvalue weighted by Gasteiger charge is -2.33. The largest absolute Gasteiger partial charge is 0.340 e. The fourth-order valence-corrected chi connectivity index (χ4v) is 6.10. The number of benzene rings is 1. The van der Waals surface area contributed by atoms with Crippen molar-refractivity contribution < 1.29 is 13.2 Å². The third-order valence-electron chi connectivity index (χ3n) is 6.48. The maximum atomic E-state index is 13.6. The third kappa shape index (κ3) is 6.74. The van der Waals surface area contributed by atoms with Gasteiger partial charge in [0, 0.05) is 71.9 Å². The number of nitrogens with one attached hydrogen (secondary N) is 1. The molecule has 2 fully saturated rings. The highest BCUT2D eigenvalue weighted by atomic mass is 32.2. The molecule has 0 unspecified atom stereocenters. The molecule has 1 aromatic carbocycles. The maximum Gasteiger partial charge on any atom is 0.243 e. The Balaban J connectivity index is 1.67. The van der Waals surface area contributed by atoms with Gasteiger partial charge in [-0.2, -0.15) is 4.31 Å². The van der Waals surface area contributed by atoms with Crippen LogP contribution in [0.15, 0.2) is 23.1 Å². The Morgan fingerprint density at radius 3 is 2.41 bits per heavy atom. The minimum atomic E-state index is -3.67. The quantitative estimate of drug-likeness (QED) is 0.580. The zero-order valence-corrected chi connectivity index (χ0v) is 20.7. The van der Waals surface area contributed by atoms with Crippen LogP contribution in [0, 0.1) is 13.8 Å². The second-order valence-corrected chi connectivity index (χ2v) is 11.0. The van der Waals surface area contributed by atoms with E-state index < -0.39 is 10.0 Å². The number of rotatable bonds is 9. The highest BCUT2D eigenvalue weighted by Crippen LogP contribution is 2.22. The Morgan fingerprint density at radius 2 is 1.72 bits per heavy atom. The van der Waals surface area contributed by atoms with E-state index in [9.17, 15) is 13.2 Å². The van der Waals surface area contributed by atoms with Crippen LogP contribution in [0.25, 0.3) is 0 Å². The van der Waals surface area contributed by atoms with E-state index in [0.29, 0.717) is 24.5 Å². The summed E-state index contributed by atoms with van der Waals surface area (Å²) in [6.45, 7) is 12.3. The summed E-state index contributed by atoms with van der Waals surface area (Å²) in [5.41, 5.74) is 1.66. The van der Waals surface area contributed by atoms with Crippen LogP contribution in [0.2, 0.25) is 0 Å². The van der Waals surface area contributed by atoms with Crippen molar-refractivity contribution in [2.75, 3.05) is 79.0 Å². The Kier molecular flexibility index (Phi) is 9.07. The topological polar surface area (TPSA) is 76.2 Å². The van der Waals surface area contributed by atoms with Gasteiger partial charge in [0.2, 0.25) is 15.9 Å². The molecule has 2 aliphatic rings. The van der Waals surface area contributed by atoms with E-state index in [1.807, 2.05) is 30.9 Å². The molecular weight excluding hydrogens is 426 g/mol. The minimum Gasteiger partial charge on any atom is -0.340 e. The fourth-order valence-electron chi connectivity index (χ4n) is 4.31. The number of hydrogen-bond acceptors (Lipinski definition) is 6. The van der Waals surface area contributed by atoms with Crippen molar-refractivity contribution in [3.63, 3.8) is 0 Å². The van der Waals surface area contributed by atoms with Crippen LogP contribution in [0.4, 0.5) is 0 Å². The standard InChI is InChI=1S/C23H39N5O3S/c1-20-5-6-21(2)22(19-20)32(30,31)28(11-4-10-26-17-15-25(3)16-18-26)12-7-23(29)27-13-8-24-9-14-27/h5-6,19,24H,4,7-18H2,1-3H3. The average molecular weight is 466 g/mol. The first kappa shape index (κ1) is 25.1. The molecule has 0 aliphatic carbocycles. The van der Waals surface area contributed by atoms with Crippen molar-refractivity contribution in [3.05, 3.63) is 29.3 Å². The number of likely N-dealkylation sites (N-methyl/N-ethyl adjacent to an activating group) is 1. The third-order valence-corrected chi connectivity index (χ3v) is 8.52. The molecular formula is C23H39N5O3S. The van der Waals surface area contributed by atoms with Gasteiger partial charge in [0.05, 0.1) is 4.90 Å². The summed E-state index contributed by atoms with van der Waals surface area (Å²) in [6.07, 6.45) is 0.980. The molecule has 0 bridgehead atoms. The average Bonchev–Trinajstić information content (AvgIpc) is 2.79. The zero-order valence-electron chi connectivity index (χ0n) is 19.8. The zero-order chi connectivity index (χ0) is 23.1. The molecule has 9 heteroatoms. The van der Waals surface area contributed by atoms with Gasteiger partial charge in [-0.3, -0.25) is 4.79 Å². The van der Waals surface area contributed by atoms with Crippen molar-refractivity contribution in [1.82, 2.24) is 24.3 Å². The maximum absolute atomic E-state index is 13.6. The van der Waals surface area contributed by atoms with Crippen molar-refractivity contribution in [2.45, 2.75) is 31.6 Å². The molecule has 1 amide bonds. The Bertz CT molecular complexity index is 862. The Morgan fingerprint density at radius 1 is 1.03 bits per heavy atom. The molecule has 8 nitrogen and oxygen atoms in total. The van der Waals surface area contributed by atoms with Crippen LogP contribution in [-0.4, -0.2) is 112 Å². The summed E-state index contributed by atoms with van der Waals surface area (Å²) in [6, 6.07) is 5.53. The first-order valence-electron chi connectivity index (χ1n) is 11.7. The molecule has 1 aromatic rings. The van der Waals surface area contributed by atoms with Gasteiger partial charge in [-0.25, -0.2) is 8.42 Å². The van der Waals surface area contributed by atoms with Gasteiger partial charge in [0.1, 0.15) is 0 Å². The Labute approximate surface area is 193 Å². The number of hydrogen-bond donors (Lipinski definition) is 1. The van der Waals surface area contributed by atoms with E-state index in [0.717, 1.165) is 63.4 Å². The van der Waals surface area contributed by atoms with Crippen molar-refractivity contribution in [3.8, 4) is 0 Å². The first-order chi connectivity index (χ1) is 15.3. The lowest BCUT2D eigenvalue weighted by molar-refractivity contribution is -0.131. The normalized spacial score (nSPS) is 18.9. The molecule has 0 spiro atoms. The van der Waals surface area contributed by atoms with E-state index in [2.05, 4.69) is 22.2 Å². The first-order valence-corrected chi connectivity index (χ1v) is 13.2. The van der Waals surface area contributed by atoms with E-state index in [1.165, 1.54) is 4.31 Å². The van der Waals surface area contributed by atoms with Gasteiger partial charge < -0.3 is 20.0 Å². The molecule has 2 aliphatic heterocycles. The Hall–Kier alpha value is -1.52. The number of aryl methyl sites for hydroxylation is 2. The van der Waals surface area contributed by atoms with E-state index in [1.54, 1.807) is 6.07 Å². The summed E-state index contributed by atoms with van der Waals surface area (Å²) >= 11 is 0. The number of amides is 1.